The second kappa shape index (κ2) is 7.18. The maximum absolute atomic E-state index is 12.7. The molecule has 3 rings (SSSR count). The molecule has 0 aliphatic heterocycles. The number of carbonyl (C=O) groups excluding carboxylic acids is 1. The molecule has 0 radical (unpaired) electrons. The average molecular weight is 322 g/mol. The minimum absolute atomic E-state index is 0.157. The number of hydrogen-bond acceptors (Lipinski definition) is 2. The molecule has 1 aliphatic rings. The van der Waals surface area contributed by atoms with Crippen LogP contribution in [0.1, 0.15) is 36.5 Å². The number of rotatable bonds is 7. The van der Waals surface area contributed by atoms with E-state index in [1.807, 2.05) is 18.2 Å². The van der Waals surface area contributed by atoms with Gasteiger partial charge in [-0.1, -0.05) is 61.5 Å². The van der Waals surface area contributed by atoms with Crippen molar-refractivity contribution in [3.05, 3.63) is 71.3 Å². The Balaban J connectivity index is 1.62. The van der Waals surface area contributed by atoms with Crippen molar-refractivity contribution in [2.24, 2.45) is 0 Å². The van der Waals surface area contributed by atoms with Crippen LogP contribution in [0.4, 0.5) is 0 Å². The summed E-state index contributed by atoms with van der Waals surface area (Å²) in [5, 5.41) is 3.14. The van der Waals surface area contributed by atoms with E-state index in [9.17, 15) is 4.79 Å². The van der Waals surface area contributed by atoms with Gasteiger partial charge in [0.25, 0.3) is 0 Å². The lowest BCUT2D eigenvalue weighted by atomic mass is 9.95. The van der Waals surface area contributed by atoms with Crippen molar-refractivity contribution in [3.63, 3.8) is 0 Å². The summed E-state index contributed by atoms with van der Waals surface area (Å²) >= 11 is 0. The summed E-state index contributed by atoms with van der Waals surface area (Å²) in [6.07, 6.45) is 1.90. The van der Waals surface area contributed by atoms with Crippen LogP contribution in [-0.4, -0.2) is 24.4 Å². The summed E-state index contributed by atoms with van der Waals surface area (Å²) in [5.41, 5.74) is 3.30. The lowest BCUT2D eigenvalue weighted by Crippen LogP contribution is -2.34. The van der Waals surface area contributed by atoms with Crippen molar-refractivity contribution in [3.8, 4) is 0 Å². The fraction of sp³-hybridized carbons (Fsp3) is 0.381. The molecule has 0 spiro atoms. The Labute approximate surface area is 144 Å². The van der Waals surface area contributed by atoms with Crippen molar-refractivity contribution in [2.75, 3.05) is 13.6 Å². The molecule has 1 aliphatic carbocycles. The first-order chi connectivity index (χ1) is 11.6. The number of nitrogens with zero attached hydrogens (tertiary/aromatic N) is 1. The SMILES string of the molecule is CCN(C)Cc1cccc(CNC(=O)C2(c3ccccc3)CC2)c1. The molecule has 0 unspecified atom stereocenters. The number of benzene rings is 2. The van der Waals surface area contributed by atoms with Crippen LogP contribution in [0.2, 0.25) is 0 Å². The molecular weight excluding hydrogens is 296 g/mol. The lowest BCUT2D eigenvalue weighted by molar-refractivity contribution is -0.123. The standard InChI is InChI=1S/C21H26N2O/c1-3-23(2)16-18-9-7-8-17(14-18)15-22-20(24)21(12-13-21)19-10-5-4-6-11-19/h4-11,14H,3,12-13,15-16H2,1-2H3,(H,22,24). The van der Waals surface area contributed by atoms with Crippen LogP contribution in [0.15, 0.2) is 54.6 Å². The number of carbonyl (C=O) groups is 1. The Kier molecular flexibility index (Phi) is 5.00. The van der Waals surface area contributed by atoms with E-state index in [4.69, 9.17) is 0 Å². The minimum Gasteiger partial charge on any atom is -0.351 e. The molecule has 126 valence electrons. The van der Waals surface area contributed by atoms with Crippen molar-refractivity contribution in [1.82, 2.24) is 10.2 Å². The van der Waals surface area contributed by atoms with Gasteiger partial charge in [-0.25, -0.2) is 0 Å². The van der Waals surface area contributed by atoms with E-state index in [1.54, 1.807) is 0 Å². The Morgan fingerprint density at radius 1 is 1.08 bits per heavy atom. The molecule has 2 aromatic carbocycles. The molecule has 3 heteroatoms. The van der Waals surface area contributed by atoms with Gasteiger partial charge in [0.1, 0.15) is 0 Å². The molecule has 1 amide bonds. The minimum atomic E-state index is -0.290. The highest BCUT2D eigenvalue weighted by Crippen LogP contribution is 2.48. The second-order valence-corrected chi connectivity index (χ2v) is 6.78. The Bertz CT molecular complexity index is 692. The van der Waals surface area contributed by atoms with Crippen LogP contribution in [0.3, 0.4) is 0 Å². The summed E-state index contributed by atoms with van der Waals surface area (Å²) < 4.78 is 0. The second-order valence-electron chi connectivity index (χ2n) is 6.78. The van der Waals surface area contributed by atoms with Gasteiger partial charge >= 0.3 is 0 Å². The molecule has 3 nitrogen and oxygen atoms in total. The third kappa shape index (κ3) is 3.68. The third-order valence-electron chi connectivity index (χ3n) is 4.95. The van der Waals surface area contributed by atoms with Crippen molar-refractivity contribution in [1.29, 1.82) is 0 Å². The van der Waals surface area contributed by atoms with Crippen LogP contribution in [-0.2, 0) is 23.3 Å². The Morgan fingerprint density at radius 2 is 1.79 bits per heavy atom. The highest BCUT2D eigenvalue weighted by Gasteiger charge is 2.50. The lowest BCUT2D eigenvalue weighted by Gasteiger charge is -2.17. The number of amides is 1. The zero-order chi connectivity index (χ0) is 17.0. The molecule has 0 heterocycles. The highest BCUT2D eigenvalue weighted by atomic mass is 16.2. The monoisotopic (exact) mass is 322 g/mol. The van der Waals surface area contributed by atoms with Gasteiger partial charge in [-0.3, -0.25) is 4.79 Å². The summed E-state index contributed by atoms with van der Waals surface area (Å²) in [7, 11) is 2.12. The van der Waals surface area contributed by atoms with Crippen LogP contribution in [0.25, 0.3) is 0 Å². The van der Waals surface area contributed by atoms with Gasteiger partial charge in [-0.2, -0.15) is 0 Å². The van der Waals surface area contributed by atoms with Gasteiger partial charge in [-0.15, -0.1) is 0 Å². The summed E-state index contributed by atoms with van der Waals surface area (Å²) in [5.74, 6) is 0.157. The summed E-state index contributed by atoms with van der Waals surface area (Å²) in [6.45, 7) is 4.71. The molecule has 1 saturated carbocycles. The molecule has 0 atom stereocenters. The zero-order valence-corrected chi connectivity index (χ0v) is 14.6. The van der Waals surface area contributed by atoms with Crippen LogP contribution < -0.4 is 5.32 Å². The van der Waals surface area contributed by atoms with E-state index >= 15 is 0 Å². The van der Waals surface area contributed by atoms with E-state index in [0.29, 0.717) is 6.54 Å². The van der Waals surface area contributed by atoms with E-state index < -0.39 is 0 Å². The molecular formula is C21H26N2O. The fourth-order valence-electron chi connectivity index (χ4n) is 3.14. The Hall–Kier alpha value is -2.13. The smallest absolute Gasteiger partial charge is 0.230 e. The third-order valence-corrected chi connectivity index (χ3v) is 4.95. The van der Waals surface area contributed by atoms with Gasteiger partial charge < -0.3 is 10.2 Å². The molecule has 24 heavy (non-hydrogen) atoms. The predicted molar refractivity (Wildman–Crippen MR) is 97.7 cm³/mol. The van der Waals surface area contributed by atoms with Gasteiger partial charge in [0.05, 0.1) is 5.41 Å². The maximum atomic E-state index is 12.7. The quantitative estimate of drug-likeness (QED) is 0.846. The Morgan fingerprint density at radius 3 is 2.46 bits per heavy atom. The molecule has 0 bridgehead atoms. The topological polar surface area (TPSA) is 32.3 Å². The first-order valence-corrected chi connectivity index (χ1v) is 8.74. The van der Waals surface area contributed by atoms with E-state index in [0.717, 1.165) is 37.1 Å². The van der Waals surface area contributed by atoms with Crippen molar-refractivity contribution in [2.45, 2.75) is 38.3 Å². The molecule has 1 N–H and O–H groups in total. The van der Waals surface area contributed by atoms with Gasteiger partial charge in [0.2, 0.25) is 5.91 Å². The highest BCUT2D eigenvalue weighted by molar-refractivity contribution is 5.91. The van der Waals surface area contributed by atoms with Gasteiger partial charge in [0, 0.05) is 13.1 Å². The first-order valence-electron chi connectivity index (χ1n) is 8.74. The van der Waals surface area contributed by atoms with E-state index in [-0.39, 0.29) is 11.3 Å². The van der Waals surface area contributed by atoms with Crippen molar-refractivity contribution >= 4 is 5.91 Å². The predicted octanol–water partition coefficient (Wildman–Crippen LogP) is 3.49. The molecule has 0 aromatic heterocycles. The average Bonchev–Trinajstić information content (AvgIpc) is 3.42. The van der Waals surface area contributed by atoms with Crippen LogP contribution in [0.5, 0.6) is 0 Å². The van der Waals surface area contributed by atoms with Gasteiger partial charge in [-0.05, 0) is 43.1 Å². The number of hydrogen-bond donors (Lipinski definition) is 1. The summed E-state index contributed by atoms with van der Waals surface area (Å²) in [4.78, 5) is 15.0. The van der Waals surface area contributed by atoms with Crippen molar-refractivity contribution < 1.29 is 4.79 Å². The molecule has 2 aromatic rings. The van der Waals surface area contributed by atoms with Crippen LogP contribution >= 0.6 is 0 Å². The van der Waals surface area contributed by atoms with E-state index in [2.05, 4.69) is 60.6 Å². The largest absolute Gasteiger partial charge is 0.351 e. The fourth-order valence-corrected chi connectivity index (χ4v) is 3.14. The molecule has 0 saturated heterocycles. The van der Waals surface area contributed by atoms with Gasteiger partial charge in [0.15, 0.2) is 0 Å². The number of nitrogens with one attached hydrogen (secondary N) is 1. The molecule has 1 fully saturated rings. The normalized spacial score (nSPS) is 15.3. The summed E-state index contributed by atoms with van der Waals surface area (Å²) in [6, 6.07) is 18.6. The first kappa shape index (κ1) is 16.7. The van der Waals surface area contributed by atoms with E-state index in [1.165, 1.54) is 5.56 Å². The van der Waals surface area contributed by atoms with Crippen LogP contribution in [0, 0.1) is 0 Å². The zero-order valence-electron chi connectivity index (χ0n) is 14.6. The maximum Gasteiger partial charge on any atom is 0.230 e.